The molecular formula is C14H22O3. The topological polar surface area (TPSA) is 35.5 Å². The molecule has 0 aromatic rings. The molecule has 2 unspecified atom stereocenters. The Bertz CT molecular complexity index is 288. The van der Waals surface area contributed by atoms with E-state index in [0.717, 1.165) is 64.8 Å². The van der Waals surface area contributed by atoms with Gasteiger partial charge in [-0.25, -0.2) is 0 Å². The van der Waals surface area contributed by atoms with Crippen LogP contribution in [0.3, 0.4) is 0 Å². The van der Waals surface area contributed by atoms with Crippen molar-refractivity contribution >= 4 is 5.78 Å². The molecule has 2 aliphatic heterocycles. The number of hydrogen-bond donors (Lipinski definition) is 0. The average Bonchev–Trinajstić information content (AvgIpc) is 2.77. The van der Waals surface area contributed by atoms with Gasteiger partial charge in [0.1, 0.15) is 5.78 Å². The van der Waals surface area contributed by atoms with Crippen LogP contribution < -0.4 is 0 Å². The molecule has 0 aromatic carbocycles. The molecular weight excluding hydrogens is 216 g/mol. The molecule has 1 spiro atoms. The molecule has 2 heterocycles. The fourth-order valence-electron chi connectivity index (χ4n) is 3.84. The van der Waals surface area contributed by atoms with Crippen LogP contribution in [-0.4, -0.2) is 31.2 Å². The summed E-state index contributed by atoms with van der Waals surface area (Å²) in [6.07, 6.45) is 7.26. The molecule has 0 amide bonds. The SMILES string of the molecule is O=C1CCCC1C1CCOC2(CCOCC2)C1. The highest BCUT2D eigenvalue weighted by atomic mass is 16.5. The van der Waals surface area contributed by atoms with Crippen molar-refractivity contribution in [2.75, 3.05) is 19.8 Å². The highest BCUT2D eigenvalue weighted by Crippen LogP contribution is 2.43. The van der Waals surface area contributed by atoms with Gasteiger partial charge in [-0.3, -0.25) is 4.79 Å². The van der Waals surface area contributed by atoms with Gasteiger partial charge in [-0.1, -0.05) is 0 Å². The summed E-state index contributed by atoms with van der Waals surface area (Å²) < 4.78 is 11.5. The highest BCUT2D eigenvalue weighted by molar-refractivity contribution is 5.83. The van der Waals surface area contributed by atoms with E-state index in [0.29, 0.717) is 17.6 Å². The first kappa shape index (κ1) is 11.7. The normalized spacial score (nSPS) is 37.5. The van der Waals surface area contributed by atoms with Gasteiger partial charge in [-0.2, -0.15) is 0 Å². The van der Waals surface area contributed by atoms with Crippen LogP contribution in [0, 0.1) is 11.8 Å². The molecule has 1 aliphatic carbocycles. The molecule has 96 valence electrons. The monoisotopic (exact) mass is 238 g/mol. The molecule has 3 fully saturated rings. The first-order valence-electron chi connectivity index (χ1n) is 7.04. The maximum Gasteiger partial charge on any atom is 0.136 e. The van der Waals surface area contributed by atoms with Crippen molar-refractivity contribution in [1.82, 2.24) is 0 Å². The van der Waals surface area contributed by atoms with Gasteiger partial charge >= 0.3 is 0 Å². The van der Waals surface area contributed by atoms with Crippen molar-refractivity contribution in [3.8, 4) is 0 Å². The Morgan fingerprint density at radius 1 is 1.12 bits per heavy atom. The van der Waals surface area contributed by atoms with Crippen LogP contribution in [0.5, 0.6) is 0 Å². The quantitative estimate of drug-likeness (QED) is 0.703. The molecule has 17 heavy (non-hydrogen) atoms. The fraction of sp³-hybridized carbons (Fsp3) is 0.929. The lowest BCUT2D eigenvalue weighted by Crippen LogP contribution is -2.46. The second-order valence-corrected chi connectivity index (χ2v) is 5.86. The lowest BCUT2D eigenvalue weighted by Gasteiger charge is -2.44. The number of rotatable bonds is 1. The predicted octanol–water partition coefficient (Wildman–Crippen LogP) is 2.33. The molecule has 0 radical (unpaired) electrons. The van der Waals surface area contributed by atoms with E-state index in [-0.39, 0.29) is 5.60 Å². The van der Waals surface area contributed by atoms with Crippen LogP contribution in [0.2, 0.25) is 0 Å². The molecule has 0 aromatic heterocycles. The molecule has 0 bridgehead atoms. The van der Waals surface area contributed by atoms with Crippen LogP contribution in [0.15, 0.2) is 0 Å². The Hall–Kier alpha value is -0.410. The minimum atomic E-state index is 0.0457. The molecule has 3 nitrogen and oxygen atoms in total. The van der Waals surface area contributed by atoms with Gasteiger partial charge in [0.05, 0.1) is 5.60 Å². The number of Topliss-reactive ketones (excluding diaryl/α,β-unsaturated/α-hetero) is 1. The summed E-state index contributed by atoms with van der Waals surface area (Å²) in [5, 5.41) is 0. The summed E-state index contributed by atoms with van der Waals surface area (Å²) in [4.78, 5) is 11.9. The number of hydrogen-bond acceptors (Lipinski definition) is 3. The zero-order chi connectivity index (χ0) is 11.7. The number of ketones is 1. The summed E-state index contributed by atoms with van der Waals surface area (Å²) in [7, 11) is 0. The summed E-state index contributed by atoms with van der Waals surface area (Å²) in [5.74, 6) is 1.44. The van der Waals surface area contributed by atoms with Crippen LogP contribution in [0.4, 0.5) is 0 Å². The predicted molar refractivity (Wildman–Crippen MR) is 63.8 cm³/mol. The summed E-state index contributed by atoms with van der Waals surface area (Å²) in [5.41, 5.74) is 0.0457. The first-order valence-corrected chi connectivity index (χ1v) is 7.04. The minimum Gasteiger partial charge on any atom is -0.381 e. The zero-order valence-corrected chi connectivity index (χ0v) is 10.5. The van der Waals surface area contributed by atoms with Gasteiger partial charge in [0, 0.05) is 32.2 Å². The fourth-order valence-corrected chi connectivity index (χ4v) is 3.84. The maximum atomic E-state index is 11.9. The van der Waals surface area contributed by atoms with Gasteiger partial charge in [0.2, 0.25) is 0 Å². The third kappa shape index (κ3) is 2.27. The second kappa shape index (κ2) is 4.69. The van der Waals surface area contributed by atoms with Crippen molar-refractivity contribution in [2.45, 2.75) is 50.5 Å². The van der Waals surface area contributed by atoms with E-state index in [1.807, 2.05) is 0 Å². The maximum absolute atomic E-state index is 11.9. The summed E-state index contributed by atoms with van der Waals surface area (Å²) >= 11 is 0. The summed E-state index contributed by atoms with van der Waals surface area (Å²) in [6.45, 7) is 2.49. The molecule has 0 N–H and O–H groups in total. The van der Waals surface area contributed by atoms with E-state index in [2.05, 4.69) is 0 Å². The molecule has 2 atom stereocenters. The Labute approximate surface area is 103 Å². The lowest BCUT2D eigenvalue weighted by molar-refractivity contribution is -0.155. The Morgan fingerprint density at radius 2 is 1.94 bits per heavy atom. The van der Waals surface area contributed by atoms with E-state index >= 15 is 0 Å². The van der Waals surface area contributed by atoms with E-state index in [9.17, 15) is 4.79 Å². The highest BCUT2D eigenvalue weighted by Gasteiger charge is 2.43. The number of ether oxygens (including phenoxy) is 2. The van der Waals surface area contributed by atoms with Crippen molar-refractivity contribution in [3.63, 3.8) is 0 Å². The van der Waals surface area contributed by atoms with Crippen molar-refractivity contribution in [2.24, 2.45) is 11.8 Å². The Balaban J connectivity index is 1.68. The van der Waals surface area contributed by atoms with Gasteiger partial charge in [0.25, 0.3) is 0 Å². The molecule has 3 rings (SSSR count). The van der Waals surface area contributed by atoms with Crippen molar-refractivity contribution in [3.05, 3.63) is 0 Å². The molecule has 3 heteroatoms. The van der Waals surface area contributed by atoms with Crippen molar-refractivity contribution in [1.29, 1.82) is 0 Å². The van der Waals surface area contributed by atoms with E-state index in [1.54, 1.807) is 0 Å². The van der Waals surface area contributed by atoms with Gasteiger partial charge < -0.3 is 9.47 Å². The van der Waals surface area contributed by atoms with Crippen LogP contribution in [-0.2, 0) is 14.3 Å². The lowest BCUT2D eigenvalue weighted by atomic mass is 9.74. The number of carbonyl (C=O) groups is 1. The molecule has 1 saturated carbocycles. The molecule has 3 aliphatic rings. The van der Waals surface area contributed by atoms with Gasteiger partial charge in [0.15, 0.2) is 0 Å². The zero-order valence-electron chi connectivity index (χ0n) is 10.5. The van der Waals surface area contributed by atoms with Gasteiger partial charge in [-0.05, 0) is 44.4 Å². The van der Waals surface area contributed by atoms with E-state index in [4.69, 9.17) is 9.47 Å². The first-order chi connectivity index (χ1) is 8.29. The molecule has 2 saturated heterocycles. The largest absolute Gasteiger partial charge is 0.381 e. The van der Waals surface area contributed by atoms with Crippen molar-refractivity contribution < 1.29 is 14.3 Å². The smallest absolute Gasteiger partial charge is 0.136 e. The minimum absolute atomic E-state index is 0.0457. The van der Waals surface area contributed by atoms with Gasteiger partial charge in [-0.15, -0.1) is 0 Å². The van der Waals surface area contributed by atoms with Crippen LogP contribution in [0.25, 0.3) is 0 Å². The van der Waals surface area contributed by atoms with Crippen LogP contribution >= 0.6 is 0 Å². The standard InChI is InChI=1S/C14H22O3/c15-13-3-1-2-12(13)11-4-7-17-14(10-11)5-8-16-9-6-14/h11-12H,1-10H2. The third-order valence-corrected chi connectivity index (χ3v) is 4.86. The summed E-state index contributed by atoms with van der Waals surface area (Å²) in [6, 6.07) is 0. The van der Waals surface area contributed by atoms with E-state index in [1.165, 1.54) is 0 Å². The Kier molecular flexibility index (Phi) is 3.22. The van der Waals surface area contributed by atoms with E-state index < -0.39 is 0 Å². The average molecular weight is 238 g/mol. The third-order valence-electron chi connectivity index (χ3n) is 4.86. The second-order valence-electron chi connectivity index (χ2n) is 5.86. The van der Waals surface area contributed by atoms with Crippen LogP contribution in [0.1, 0.15) is 44.9 Å². The Morgan fingerprint density at radius 3 is 2.65 bits per heavy atom. The number of carbonyl (C=O) groups excluding carboxylic acids is 1.